The molecule has 6 heteroatoms. The van der Waals surface area contributed by atoms with Crippen molar-refractivity contribution in [3.8, 4) is 0 Å². The van der Waals surface area contributed by atoms with E-state index in [0.29, 0.717) is 18.1 Å². The number of hydrogen-bond acceptors (Lipinski definition) is 3. The number of rotatable bonds is 4. The first-order valence-corrected chi connectivity index (χ1v) is 10.4. The van der Waals surface area contributed by atoms with E-state index in [1.807, 2.05) is 54.6 Å². The third kappa shape index (κ3) is 5.77. The second kappa shape index (κ2) is 10.00. The molecule has 1 heterocycles. The van der Waals surface area contributed by atoms with Crippen LogP contribution in [0.4, 0.5) is 10.1 Å². The molecule has 0 spiro atoms. The molecule has 0 atom stereocenters. The average Bonchev–Trinajstić information content (AvgIpc) is 2.80. The van der Waals surface area contributed by atoms with Crippen molar-refractivity contribution < 1.29 is 9.18 Å². The molecule has 3 aromatic carbocycles. The largest absolute Gasteiger partial charge is 0.340 e. The van der Waals surface area contributed by atoms with Crippen molar-refractivity contribution in [2.75, 3.05) is 26.2 Å². The van der Waals surface area contributed by atoms with E-state index in [9.17, 15) is 9.18 Å². The minimum absolute atomic E-state index is 0.183. The predicted molar refractivity (Wildman–Crippen MR) is 121 cm³/mol. The monoisotopic (exact) mass is 416 g/mol. The highest BCUT2D eigenvalue weighted by atomic mass is 19.1. The maximum absolute atomic E-state index is 13.5. The van der Waals surface area contributed by atoms with E-state index in [0.717, 1.165) is 37.4 Å². The molecule has 4 rings (SSSR count). The quantitative estimate of drug-likeness (QED) is 0.515. The summed E-state index contributed by atoms with van der Waals surface area (Å²) >= 11 is 0. The van der Waals surface area contributed by atoms with Crippen LogP contribution in [0.5, 0.6) is 0 Å². The van der Waals surface area contributed by atoms with Gasteiger partial charge < -0.3 is 4.90 Å². The molecule has 31 heavy (non-hydrogen) atoms. The Hall–Kier alpha value is -3.51. The summed E-state index contributed by atoms with van der Waals surface area (Å²) in [7, 11) is 0. The molecular formula is C25H25FN4O. The summed E-state index contributed by atoms with van der Waals surface area (Å²) in [6.45, 7) is 3.73. The SMILES string of the molecule is O=C(NC(=Nc1ccccc1)N1CCN(Cc2cccc(F)c2)CC1)c1ccccc1. The molecule has 0 aromatic heterocycles. The van der Waals surface area contributed by atoms with Crippen LogP contribution >= 0.6 is 0 Å². The number of nitrogens with one attached hydrogen (secondary N) is 1. The van der Waals surface area contributed by atoms with Crippen LogP contribution in [-0.2, 0) is 6.54 Å². The average molecular weight is 417 g/mol. The van der Waals surface area contributed by atoms with Gasteiger partial charge in [-0.05, 0) is 42.0 Å². The van der Waals surface area contributed by atoms with Crippen LogP contribution < -0.4 is 5.32 Å². The molecule has 3 aromatic rings. The second-order valence-electron chi connectivity index (χ2n) is 7.48. The van der Waals surface area contributed by atoms with Gasteiger partial charge in [-0.25, -0.2) is 9.38 Å². The Labute approximate surface area is 181 Å². The van der Waals surface area contributed by atoms with E-state index in [1.54, 1.807) is 24.3 Å². The Bertz CT molecular complexity index is 1030. The molecule has 1 aliphatic heterocycles. The molecule has 1 fully saturated rings. The molecule has 0 saturated carbocycles. The van der Waals surface area contributed by atoms with Gasteiger partial charge >= 0.3 is 0 Å². The first kappa shape index (κ1) is 20.8. The number of aliphatic imine (C=N–C) groups is 1. The molecule has 1 saturated heterocycles. The van der Waals surface area contributed by atoms with Gasteiger partial charge in [0.1, 0.15) is 5.82 Å². The lowest BCUT2D eigenvalue weighted by Gasteiger charge is -2.36. The number of nitrogens with zero attached hydrogens (tertiary/aromatic N) is 3. The predicted octanol–water partition coefficient (Wildman–Crippen LogP) is 4.06. The van der Waals surface area contributed by atoms with Crippen molar-refractivity contribution in [1.82, 2.24) is 15.1 Å². The molecular weight excluding hydrogens is 391 g/mol. The zero-order chi connectivity index (χ0) is 21.5. The van der Waals surface area contributed by atoms with E-state index in [1.165, 1.54) is 6.07 Å². The Morgan fingerprint density at radius 3 is 2.23 bits per heavy atom. The smallest absolute Gasteiger partial charge is 0.257 e. The molecule has 158 valence electrons. The third-order valence-electron chi connectivity index (χ3n) is 5.22. The number of para-hydroxylation sites is 1. The summed E-state index contributed by atoms with van der Waals surface area (Å²) in [4.78, 5) is 21.8. The fourth-order valence-electron chi connectivity index (χ4n) is 3.58. The molecule has 1 N–H and O–H groups in total. The first-order chi connectivity index (χ1) is 15.2. The standard InChI is InChI=1S/C25H25FN4O/c26-22-11-7-8-20(18-22)19-29-14-16-30(17-15-29)25(27-23-12-5-2-6-13-23)28-24(31)21-9-3-1-4-10-21/h1-13,18H,14-17,19H2,(H,27,28,31). The van der Waals surface area contributed by atoms with Crippen LogP contribution in [0.25, 0.3) is 0 Å². The van der Waals surface area contributed by atoms with Crippen molar-refractivity contribution in [2.45, 2.75) is 6.54 Å². The van der Waals surface area contributed by atoms with E-state index < -0.39 is 0 Å². The number of carbonyl (C=O) groups excluding carboxylic acids is 1. The van der Waals surface area contributed by atoms with Crippen molar-refractivity contribution in [3.05, 3.63) is 102 Å². The summed E-state index contributed by atoms with van der Waals surface area (Å²) < 4.78 is 13.5. The van der Waals surface area contributed by atoms with Crippen LogP contribution in [0.1, 0.15) is 15.9 Å². The summed E-state index contributed by atoms with van der Waals surface area (Å²) in [5.41, 5.74) is 2.34. The molecule has 0 radical (unpaired) electrons. The maximum atomic E-state index is 13.5. The van der Waals surface area contributed by atoms with Crippen LogP contribution in [-0.4, -0.2) is 47.8 Å². The fraction of sp³-hybridized carbons (Fsp3) is 0.200. The number of halogens is 1. The minimum atomic E-state index is -0.211. The lowest BCUT2D eigenvalue weighted by Crippen LogP contribution is -2.53. The Balaban J connectivity index is 1.46. The Morgan fingerprint density at radius 2 is 1.55 bits per heavy atom. The van der Waals surface area contributed by atoms with Crippen molar-refractivity contribution in [2.24, 2.45) is 4.99 Å². The second-order valence-corrected chi connectivity index (χ2v) is 7.48. The number of hydrogen-bond donors (Lipinski definition) is 1. The van der Waals surface area contributed by atoms with Crippen LogP contribution in [0.3, 0.4) is 0 Å². The minimum Gasteiger partial charge on any atom is -0.340 e. The van der Waals surface area contributed by atoms with E-state index >= 15 is 0 Å². The van der Waals surface area contributed by atoms with Gasteiger partial charge in [0.2, 0.25) is 5.96 Å². The zero-order valence-corrected chi connectivity index (χ0v) is 17.2. The highest BCUT2D eigenvalue weighted by Crippen LogP contribution is 2.14. The summed E-state index contributed by atoms with van der Waals surface area (Å²) in [5, 5.41) is 2.99. The molecule has 0 unspecified atom stereocenters. The number of benzene rings is 3. The molecule has 1 aliphatic rings. The van der Waals surface area contributed by atoms with Crippen molar-refractivity contribution >= 4 is 17.6 Å². The van der Waals surface area contributed by atoms with Crippen molar-refractivity contribution in [1.29, 1.82) is 0 Å². The topological polar surface area (TPSA) is 47.9 Å². The number of carbonyl (C=O) groups is 1. The van der Waals surface area contributed by atoms with Crippen LogP contribution in [0, 0.1) is 5.82 Å². The van der Waals surface area contributed by atoms with Gasteiger partial charge in [0, 0.05) is 38.3 Å². The highest BCUT2D eigenvalue weighted by molar-refractivity contribution is 6.06. The zero-order valence-electron chi connectivity index (χ0n) is 17.2. The van der Waals surface area contributed by atoms with E-state index in [2.05, 4.69) is 15.1 Å². The third-order valence-corrected chi connectivity index (χ3v) is 5.22. The molecule has 5 nitrogen and oxygen atoms in total. The fourth-order valence-corrected chi connectivity index (χ4v) is 3.58. The number of guanidine groups is 1. The van der Waals surface area contributed by atoms with Gasteiger partial charge in [-0.1, -0.05) is 48.5 Å². The number of amides is 1. The van der Waals surface area contributed by atoms with Gasteiger partial charge in [-0.2, -0.15) is 0 Å². The molecule has 0 aliphatic carbocycles. The Kier molecular flexibility index (Phi) is 6.69. The lowest BCUT2D eigenvalue weighted by atomic mass is 10.2. The van der Waals surface area contributed by atoms with Crippen molar-refractivity contribution in [3.63, 3.8) is 0 Å². The molecule has 1 amide bonds. The van der Waals surface area contributed by atoms with Gasteiger partial charge in [0.15, 0.2) is 0 Å². The van der Waals surface area contributed by atoms with E-state index in [4.69, 9.17) is 4.99 Å². The maximum Gasteiger partial charge on any atom is 0.257 e. The highest BCUT2D eigenvalue weighted by Gasteiger charge is 2.22. The first-order valence-electron chi connectivity index (χ1n) is 10.4. The normalized spacial score (nSPS) is 15.0. The van der Waals surface area contributed by atoms with Gasteiger partial charge in [0.05, 0.1) is 5.69 Å². The molecule has 0 bridgehead atoms. The summed E-state index contributed by atoms with van der Waals surface area (Å²) in [5.74, 6) is 0.153. The Morgan fingerprint density at radius 1 is 0.871 bits per heavy atom. The van der Waals surface area contributed by atoms with Gasteiger partial charge in [-0.3, -0.25) is 15.0 Å². The van der Waals surface area contributed by atoms with Crippen LogP contribution in [0.2, 0.25) is 0 Å². The summed E-state index contributed by atoms with van der Waals surface area (Å²) in [6, 6.07) is 25.5. The van der Waals surface area contributed by atoms with E-state index in [-0.39, 0.29) is 11.7 Å². The lowest BCUT2D eigenvalue weighted by molar-refractivity contribution is 0.0967. The van der Waals surface area contributed by atoms with Gasteiger partial charge in [-0.15, -0.1) is 0 Å². The number of piperazine rings is 1. The summed E-state index contributed by atoms with van der Waals surface area (Å²) in [6.07, 6.45) is 0. The van der Waals surface area contributed by atoms with Crippen LogP contribution in [0.15, 0.2) is 89.9 Å². The van der Waals surface area contributed by atoms with Gasteiger partial charge in [0.25, 0.3) is 5.91 Å².